The van der Waals surface area contributed by atoms with Gasteiger partial charge in [0, 0.05) is 11.4 Å². The number of nitrogens with one attached hydrogen (secondary N) is 1. The van der Waals surface area contributed by atoms with Crippen LogP contribution in [0.4, 0.5) is 0 Å². The lowest BCUT2D eigenvalue weighted by Gasteiger charge is -2.03. The van der Waals surface area contributed by atoms with Gasteiger partial charge in [-0.05, 0) is 22.9 Å². The lowest BCUT2D eigenvalue weighted by molar-refractivity contribution is -0.118. The summed E-state index contributed by atoms with van der Waals surface area (Å²) in [5.74, 6) is -0.0892. The summed E-state index contributed by atoms with van der Waals surface area (Å²) in [6.07, 6.45) is 1.78. The van der Waals surface area contributed by atoms with Gasteiger partial charge in [0.25, 0.3) is 0 Å². The van der Waals surface area contributed by atoms with Crippen LogP contribution in [0.15, 0.2) is 22.8 Å². The summed E-state index contributed by atoms with van der Waals surface area (Å²) in [6, 6.07) is 0. The number of halogens is 1. The molecule has 10 heavy (non-hydrogen) atoms. The fourth-order valence-electron chi connectivity index (χ4n) is 0.486. The molecular formula is C7H10BrNO. The molecule has 0 saturated carbocycles. The zero-order chi connectivity index (χ0) is 8.15. The van der Waals surface area contributed by atoms with Crippen molar-refractivity contribution in [3.8, 4) is 0 Å². The van der Waals surface area contributed by atoms with Crippen molar-refractivity contribution in [3.63, 3.8) is 0 Å². The first-order valence-electron chi connectivity index (χ1n) is 2.86. The van der Waals surface area contributed by atoms with Crippen LogP contribution in [-0.4, -0.2) is 5.91 Å². The van der Waals surface area contributed by atoms with Crippen LogP contribution in [0.2, 0.25) is 0 Å². The minimum Gasteiger partial charge on any atom is -0.326 e. The van der Waals surface area contributed by atoms with Gasteiger partial charge in [0.2, 0.25) is 5.91 Å². The van der Waals surface area contributed by atoms with Crippen LogP contribution in [-0.2, 0) is 4.79 Å². The zero-order valence-electron chi connectivity index (χ0n) is 6.07. The summed E-state index contributed by atoms with van der Waals surface area (Å²) in [5.41, 5.74) is 0.715. The van der Waals surface area contributed by atoms with Gasteiger partial charge in [-0.3, -0.25) is 4.79 Å². The van der Waals surface area contributed by atoms with Crippen molar-refractivity contribution in [1.82, 2.24) is 5.32 Å². The molecule has 56 valence electrons. The largest absolute Gasteiger partial charge is 0.326 e. The molecule has 0 radical (unpaired) electrons. The summed E-state index contributed by atoms with van der Waals surface area (Å²) >= 11 is 3.15. The Balaban J connectivity index is 4.12. The fraction of sp³-hybridized carbons (Fsp3) is 0.286. The van der Waals surface area contributed by atoms with Gasteiger partial charge in [0.05, 0.1) is 5.70 Å². The molecule has 1 N–H and O–H groups in total. The number of amides is 1. The Bertz CT molecular complexity index is 184. The first kappa shape index (κ1) is 9.43. The van der Waals surface area contributed by atoms with Gasteiger partial charge in [-0.25, -0.2) is 0 Å². The highest BCUT2D eigenvalue weighted by atomic mass is 79.9. The summed E-state index contributed by atoms with van der Waals surface area (Å²) in [7, 11) is 0. The molecule has 2 nitrogen and oxygen atoms in total. The van der Waals surface area contributed by atoms with Crippen molar-refractivity contribution in [2.75, 3.05) is 0 Å². The second kappa shape index (κ2) is 4.28. The average Bonchev–Trinajstić information content (AvgIpc) is 1.81. The molecule has 0 aromatic carbocycles. The molecule has 0 spiro atoms. The lowest BCUT2D eigenvalue weighted by atomic mass is 10.4. The van der Waals surface area contributed by atoms with Crippen LogP contribution in [0, 0.1) is 0 Å². The number of carbonyl (C=O) groups is 1. The van der Waals surface area contributed by atoms with Gasteiger partial charge in [-0.15, -0.1) is 0 Å². The maximum absolute atomic E-state index is 10.5. The molecule has 0 bridgehead atoms. The molecule has 0 rings (SSSR count). The quantitative estimate of drug-likeness (QED) is 0.684. The second-order valence-electron chi connectivity index (χ2n) is 1.79. The van der Waals surface area contributed by atoms with Gasteiger partial charge in [0.15, 0.2) is 0 Å². The van der Waals surface area contributed by atoms with Gasteiger partial charge < -0.3 is 5.32 Å². The monoisotopic (exact) mass is 203 g/mol. The van der Waals surface area contributed by atoms with E-state index < -0.39 is 0 Å². The lowest BCUT2D eigenvalue weighted by Crippen LogP contribution is -2.18. The Hall–Kier alpha value is -0.570. The summed E-state index contributed by atoms with van der Waals surface area (Å²) in [5, 5.41) is 2.60. The molecular weight excluding hydrogens is 194 g/mol. The van der Waals surface area contributed by atoms with Crippen LogP contribution in [0.1, 0.15) is 13.8 Å². The normalized spacial score (nSPS) is 10.9. The molecule has 0 heterocycles. The highest BCUT2D eigenvalue weighted by Crippen LogP contribution is 2.10. The number of hydrogen-bond acceptors (Lipinski definition) is 1. The number of allylic oxidation sites excluding steroid dienone is 2. The van der Waals surface area contributed by atoms with E-state index in [0.717, 1.165) is 0 Å². The molecule has 0 aliphatic carbocycles. The van der Waals surface area contributed by atoms with Gasteiger partial charge >= 0.3 is 0 Å². The third kappa shape index (κ3) is 3.45. The van der Waals surface area contributed by atoms with Crippen LogP contribution in [0.25, 0.3) is 0 Å². The van der Waals surface area contributed by atoms with Crippen LogP contribution >= 0.6 is 15.9 Å². The van der Waals surface area contributed by atoms with Crippen molar-refractivity contribution in [2.24, 2.45) is 0 Å². The van der Waals surface area contributed by atoms with E-state index >= 15 is 0 Å². The fourth-order valence-corrected chi connectivity index (χ4v) is 0.814. The standard InChI is InChI=1S/C7H10BrNO/c1-4-7(5(2)8)9-6(3)10/h4H,2H2,1,3H3,(H,9,10)/b7-4+. The number of carbonyl (C=O) groups excluding carboxylic acids is 1. The van der Waals surface area contributed by atoms with E-state index in [2.05, 4.69) is 27.8 Å². The van der Waals surface area contributed by atoms with Crippen molar-refractivity contribution in [1.29, 1.82) is 0 Å². The molecule has 1 amide bonds. The van der Waals surface area contributed by atoms with Crippen molar-refractivity contribution < 1.29 is 4.79 Å². The predicted octanol–water partition coefficient (Wildman–Crippen LogP) is 1.93. The maximum Gasteiger partial charge on any atom is 0.221 e. The average molecular weight is 204 g/mol. The van der Waals surface area contributed by atoms with E-state index in [1.54, 1.807) is 6.08 Å². The Morgan fingerprint density at radius 3 is 2.30 bits per heavy atom. The first-order valence-corrected chi connectivity index (χ1v) is 3.66. The molecule has 0 fully saturated rings. The minimum atomic E-state index is -0.0892. The van der Waals surface area contributed by atoms with E-state index in [9.17, 15) is 4.79 Å². The Morgan fingerprint density at radius 1 is 1.70 bits per heavy atom. The highest BCUT2D eigenvalue weighted by Gasteiger charge is 1.98. The topological polar surface area (TPSA) is 29.1 Å². The summed E-state index contributed by atoms with van der Waals surface area (Å²) in [6.45, 7) is 6.90. The number of rotatable bonds is 2. The molecule has 0 aliphatic heterocycles. The third-order valence-electron chi connectivity index (χ3n) is 0.892. The van der Waals surface area contributed by atoms with Crippen molar-refractivity contribution in [3.05, 3.63) is 22.8 Å². The van der Waals surface area contributed by atoms with Crippen LogP contribution < -0.4 is 5.32 Å². The molecule has 0 aromatic heterocycles. The van der Waals surface area contributed by atoms with Crippen LogP contribution in [0.3, 0.4) is 0 Å². The van der Waals surface area contributed by atoms with E-state index in [1.807, 2.05) is 6.92 Å². The molecule has 0 saturated heterocycles. The Morgan fingerprint density at radius 2 is 2.20 bits per heavy atom. The minimum absolute atomic E-state index is 0.0892. The first-order chi connectivity index (χ1) is 4.57. The van der Waals surface area contributed by atoms with E-state index in [4.69, 9.17) is 0 Å². The van der Waals surface area contributed by atoms with E-state index in [0.29, 0.717) is 10.2 Å². The molecule has 0 aromatic rings. The van der Waals surface area contributed by atoms with Gasteiger partial charge in [-0.1, -0.05) is 12.7 Å². The Kier molecular flexibility index (Phi) is 4.03. The van der Waals surface area contributed by atoms with Gasteiger partial charge in [0.1, 0.15) is 0 Å². The summed E-state index contributed by atoms with van der Waals surface area (Å²) in [4.78, 5) is 10.5. The highest BCUT2D eigenvalue weighted by molar-refractivity contribution is 9.11. The van der Waals surface area contributed by atoms with Crippen molar-refractivity contribution in [2.45, 2.75) is 13.8 Å². The van der Waals surface area contributed by atoms with Crippen molar-refractivity contribution >= 4 is 21.8 Å². The summed E-state index contributed by atoms with van der Waals surface area (Å²) < 4.78 is 0.685. The second-order valence-corrected chi connectivity index (χ2v) is 2.75. The third-order valence-corrected chi connectivity index (χ3v) is 1.32. The Labute approximate surface area is 69.1 Å². The molecule has 0 aliphatic rings. The molecule has 0 unspecified atom stereocenters. The molecule has 3 heteroatoms. The maximum atomic E-state index is 10.5. The zero-order valence-corrected chi connectivity index (χ0v) is 7.66. The SMILES string of the molecule is C=C(Br)/C(=C\C)NC(C)=O. The van der Waals surface area contributed by atoms with Crippen LogP contribution in [0.5, 0.6) is 0 Å². The predicted molar refractivity (Wildman–Crippen MR) is 45.6 cm³/mol. The number of hydrogen-bond donors (Lipinski definition) is 1. The van der Waals surface area contributed by atoms with E-state index in [1.165, 1.54) is 6.92 Å². The van der Waals surface area contributed by atoms with E-state index in [-0.39, 0.29) is 5.91 Å². The smallest absolute Gasteiger partial charge is 0.221 e. The van der Waals surface area contributed by atoms with Gasteiger partial charge in [-0.2, -0.15) is 0 Å². The molecule has 0 atom stereocenters.